The summed E-state index contributed by atoms with van der Waals surface area (Å²) in [6.45, 7) is 3.81. The maximum atomic E-state index is 12.7. The van der Waals surface area contributed by atoms with Gasteiger partial charge in [0, 0.05) is 24.0 Å². The van der Waals surface area contributed by atoms with Gasteiger partial charge in [-0.15, -0.1) is 5.10 Å². The van der Waals surface area contributed by atoms with Gasteiger partial charge in [0.2, 0.25) is 11.7 Å². The summed E-state index contributed by atoms with van der Waals surface area (Å²) in [4.78, 5) is 36.6. The Bertz CT molecular complexity index is 1050. The van der Waals surface area contributed by atoms with Crippen LogP contribution >= 0.6 is 11.6 Å². The fraction of sp³-hybridized carbons (Fsp3) is 0.333. The summed E-state index contributed by atoms with van der Waals surface area (Å²) in [6, 6.07) is 4.71. The number of aryl methyl sites for hydroxylation is 1. The Morgan fingerprint density at radius 3 is 2.83 bits per heavy atom. The molecule has 0 aliphatic rings. The van der Waals surface area contributed by atoms with Crippen molar-refractivity contribution in [3.8, 4) is 0 Å². The summed E-state index contributed by atoms with van der Waals surface area (Å²) in [7, 11) is 0. The average molecular weight is 350 g/mol. The Morgan fingerprint density at radius 1 is 1.38 bits per heavy atom. The molecule has 1 aromatic carbocycles. The first-order valence-corrected chi connectivity index (χ1v) is 7.85. The molecule has 0 saturated carbocycles. The third-order valence-electron chi connectivity index (χ3n) is 3.58. The van der Waals surface area contributed by atoms with Gasteiger partial charge in [-0.25, -0.2) is 14.3 Å². The highest BCUT2D eigenvalue weighted by Gasteiger charge is 2.15. The number of hydrogen-bond acceptors (Lipinski definition) is 4. The van der Waals surface area contributed by atoms with E-state index in [1.807, 2.05) is 13.8 Å². The van der Waals surface area contributed by atoms with Crippen LogP contribution in [0.25, 0.3) is 16.7 Å². The van der Waals surface area contributed by atoms with E-state index >= 15 is 0 Å². The first-order valence-electron chi connectivity index (χ1n) is 7.47. The van der Waals surface area contributed by atoms with E-state index < -0.39 is 5.69 Å². The summed E-state index contributed by atoms with van der Waals surface area (Å²) >= 11 is 5.97. The van der Waals surface area contributed by atoms with Crippen LogP contribution in [0.1, 0.15) is 20.3 Å². The van der Waals surface area contributed by atoms with Crippen LogP contribution in [0.4, 0.5) is 0 Å². The predicted octanol–water partition coefficient (Wildman–Crippen LogP) is 0.906. The van der Waals surface area contributed by atoms with Gasteiger partial charge in [-0.1, -0.05) is 11.6 Å². The zero-order valence-corrected chi connectivity index (χ0v) is 13.9. The van der Waals surface area contributed by atoms with Gasteiger partial charge < -0.3 is 5.32 Å². The maximum absolute atomic E-state index is 12.7. The second-order valence-corrected chi connectivity index (χ2v) is 6.19. The normalized spacial score (nSPS) is 11.5. The number of carbonyl (C=O) groups is 1. The molecule has 126 valence electrons. The third kappa shape index (κ3) is 2.80. The van der Waals surface area contributed by atoms with Gasteiger partial charge in [0.25, 0.3) is 5.56 Å². The van der Waals surface area contributed by atoms with E-state index in [4.69, 9.17) is 11.6 Å². The second-order valence-electron chi connectivity index (χ2n) is 5.75. The topological polar surface area (TPSA) is 101 Å². The minimum Gasteiger partial charge on any atom is -0.354 e. The molecule has 2 aromatic heterocycles. The molecule has 0 aliphatic carbocycles. The Kier molecular flexibility index (Phi) is 4.15. The van der Waals surface area contributed by atoms with Crippen LogP contribution in [-0.4, -0.2) is 31.1 Å². The van der Waals surface area contributed by atoms with Gasteiger partial charge in [-0.2, -0.15) is 0 Å². The number of hydrogen-bond donors (Lipinski definition) is 2. The van der Waals surface area contributed by atoms with E-state index in [0.29, 0.717) is 15.9 Å². The van der Waals surface area contributed by atoms with Gasteiger partial charge in [-0.3, -0.25) is 14.2 Å². The fourth-order valence-corrected chi connectivity index (χ4v) is 2.78. The number of nitrogens with zero attached hydrogens (tertiary/aromatic N) is 3. The SMILES string of the molecule is CC(C)NC(=O)CCn1c(=O)c2cc(Cl)ccc2n2c(=O)[nH]nc12. The van der Waals surface area contributed by atoms with E-state index in [-0.39, 0.29) is 36.3 Å². The molecule has 0 atom stereocenters. The van der Waals surface area contributed by atoms with E-state index in [0.717, 1.165) is 0 Å². The van der Waals surface area contributed by atoms with Gasteiger partial charge >= 0.3 is 5.69 Å². The lowest BCUT2D eigenvalue weighted by Crippen LogP contribution is -2.32. The number of H-pyrrole nitrogens is 1. The Morgan fingerprint density at radius 2 is 2.12 bits per heavy atom. The number of fused-ring (bicyclic) bond motifs is 3. The Hall–Kier alpha value is -2.61. The molecule has 0 spiro atoms. The molecule has 2 N–H and O–H groups in total. The van der Waals surface area contributed by atoms with Crippen molar-refractivity contribution in [1.29, 1.82) is 0 Å². The molecule has 2 heterocycles. The van der Waals surface area contributed by atoms with Crippen LogP contribution in [0.2, 0.25) is 5.02 Å². The molecule has 0 radical (unpaired) electrons. The largest absolute Gasteiger partial charge is 0.354 e. The number of carbonyl (C=O) groups excluding carboxylic acids is 1. The summed E-state index contributed by atoms with van der Waals surface area (Å²) in [5.74, 6) is -0.0173. The lowest BCUT2D eigenvalue weighted by Gasteiger charge is -2.11. The monoisotopic (exact) mass is 349 g/mol. The number of aromatic amines is 1. The van der Waals surface area contributed by atoms with Crippen LogP contribution in [0.3, 0.4) is 0 Å². The number of nitrogens with one attached hydrogen (secondary N) is 2. The van der Waals surface area contributed by atoms with Crippen molar-refractivity contribution in [2.24, 2.45) is 0 Å². The zero-order valence-electron chi connectivity index (χ0n) is 13.2. The van der Waals surface area contributed by atoms with Crippen LogP contribution in [-0.2, 0) is 11.3 Å². The second kappa shape index (κ2) is 6.12. The summed E-state index contributed by atoms with van der Waals surface area (Å²) < 4.78 is 2.60. The molecule has 8 nitrogen and oxygen atoms in total. The molecule has 0 fully saturated rings. The number of aromatic nitrogens is 4. The highest BCUT2D eigenvalue weighted by Crippen LogP contribution is 2.16. The molecule has 1 amide bonds. The Labute approximate surface area is 141 Å². The first kappa shape index (κ1) is 16.3. The number of halogens is 1. The van der Waals surface area contributed by atoms with Gasteiger partial charge in [0.1, 0.15) is 0 Å². The number of benzene rings is 1. The van der Waals surface area contributed by atoms with Crippen molar-refractivity contribution in [2.45, 2.75) is 32.9 Å². The van der Waals surface area contributed by atoms with Crippen LogP contribution in [0, 0.1) is 0 Å². The van der Waals surface area contributed by atoms with Crippen molar-refractivity contribution in [3.05, 3.63) is 44.1 Å². The fourth-order valence-electron chi connectivity index (χ4n) is 2.61. The van der Waals surface area contributed by atoms with Gasteiger partial charge in [-0.05, 0) is 32.0 Å². The van der Waals surface area contributed by atoms with Crippen molar-refractivity contribution < 1.29 is 4.79 Å². The standard InChI is InChI=1S/C15H16ClN5O3/c1-8(2)17-12(22)5-6-20-13(23)10-7-9(16)3-4-11(10)21-14(20)18-19-15(21)24/h3-4,7-8H,5-6H2,1-2H3,(H,17,22)(H,19,24). The van der Waals surface area contributed by atoms with E-state index in [1.54, 1.807) is 12.1 Å². The molecular weight excluding hydrogens is 334 g/mol. The molecule has 0 bridgehead atoms. The van der Waals surface area contributed by atoms with Gasteiger partial charge in [0.05, 0.1) is 10.9 Å². The Balaban J connectivity index is 2.15. The molecule has 3 aromatic rings. The number of amides is 1. The molecular formula is C15H16ClN5O3. The minimum absolute atomic E-state index is 0.0117. The minimum atomic E-state index is -0.460. The molecule has 0 unspecified atom stereocenters. The van der Waals surface area contributed by atoms with Crippen LogP contribution < -0.4 is 16.6 Å². The molecule has 3 rings (SSSR count). The smallest absolute Gasteiger partial charge is 0.349 e. The van der Waals surface area contributed by atoms with E-state index in [1.165, 1.54) is 15.0 Å². The van der Waals surface area contributed by atoms with Crippen molar-refractivity contribution in [2.75, 3.05) is 0 Å². The lowest BCUT2D eigenvalue weighted by atomic mass is 10.2. The summed E-state index contributed by atoms with van der Waals surface area (Å²) in [5.41, 5.74) is -0.393. The first-order chi connectivity index (χ1) is 11.4. The summed E-state index contributed by atoms with van der Waals surface area (Å²) in [5, 5.41) is 9.69. The van der Waals surface area contributed by atoms with Crippen LogP contribution in [0.5, 0.6) is 0 Å². The summed E-state index contributed by atoms with van der Waals surface area (Å²) in [6.07, 6.45) is 0.0981. The number of rotatable bonds is 4. The highest BCUT2D eigenvalue weighted by atomic mass is 35.5. The van der Waals surface area contributed by atoms with Crippen molar-refractivity contribution in [3.63, 3.8) is 0 Å². The quantitative estimate of drug-likeness (QED) is 0.730. The maximum Gasteiger partial charge on any atom is 0.349 e. The van der Waals surface area contributed by atoms with Crippen molar-refractivity contribution in [1.82, 2.24) is 24.5 Å². The zero-order chi connectivity index (χ0) is 17.4. The highest BCUT2D eigenvalue weighted by molar-refractivity contribution is 6.31. The molecule has 0 aliphatic heterocycles. The molecule has 0 saturated heterocycles. The van der Waals surface area contributed by atoms with E-state index in [9.17, 15) is 14.4 Å². The van der Waals surface area contributed by atoms with Crippen molar-refractivity contribution >= 4 is 34.2 Å². The predicted molar refractivity (Wildman–Crippen MR) is 90.5 cm³/mol. The van der Waals surface area contributed by atoms with E-state index in [2.05, 4.69) is 15.5 Å². The third-order valence-corrected chi connectivity index (χ3v) is 3.82. The average Bonchev–Trinajstić information content (AvgIpc) is 2.88. The molecule has 24 heavy (non-hydrogen) atoms. The van der Waals surface area contributed by atoms with Gasteiger partial charge in [0.15, 0.2) is 0 Å². The lowest BCUT2D eigenvalue weighted by molar-refractivity contribution is -0.121. The van der Waals surface area contributed by atoms with Crippen LogP contribution in [0.15, 0.2) is 27.8 Å². The molecule has 9 heteroatoms.